The zero-order chi connectivity index (χ0) is 11.1. The number of benzene rings is 1. The molecule has 0 aromatic heterocycles. The number of rotatable bonds is 4. The molecule has 0 fully saturated rings. The molecule has 0 bridgehead atoms. The lowest BCUT2D eigenvalue weighted by atomic mass is 10.2. The van der Waals surface area contributed by atoms with Gasteiger partial charge in [0.05, 0.1) is 13.2 Å². The molecule has 0 unspecified atom stereocenters. The fourth-order valence-electron chi connectivity index (χ4n) is 1.12. The maximum atomic E-state index is 11.1. The lowest BCUT2D eigenvalue weighted by Gasteiger charge is -2.08. The highest BCUT2D eigenvalue weighted by atomic mass is 16.7. The van der Waals surface area contributed by atoms with Crippen molar-refractivity contribution in [2.75, 3.05) is 13.7 Å². The average molecular weight is 210 g/mol. The Balaban J connectivity index is 2.70. The fraction of sp³-hybridized carbons (Fsp3) is 0.364. The van der Waals surface area contributed by atoms with E-state index in [2.05, 4.69) is 4.74 Å². The summed E-state index contributed by atoms with van der Waals surface area (Å²) in [4.78, 5) is 11.1. The van der Waals surface area contributed by atoms with E-state index >= 15 is 0 Å². The molecule has 0 radical (unpaired) electrons. The van der Waals surface area contributed by atoms with Gasteiger partial charge in [0, 0.05) is 12.7 Å². The van der Waals surface area contributed by atoms with Crippen LogP contribution in [0.2, 0.25) is 0 Å². The largest absolute Gasteiger partial charge is 0.513 e. The van der Waals surface area contributed by atoms with Crippen LogP contribution in [0.25, 0.3) is 0 Å². The predicted molar refractivity (Wildman–Crippen MR) is 54.8 cm³/mol. The Morgan fingerprint density at radius 1 is 1.33 bits per heavy atom. The molecular formula is C11H14O4. The molecule has 0 spiro atoms. The molecule has 0 saturated heterocycles. The summed E-state index contributed by atoms with van der Waals surface area (Å²) in [6.45, 7) is 2.42. The van der Waals surface area contributed by atoms with Gasteiger partial charge in [0.1, 0.15) is 5.75 Å². The first-order valence-corrected chi connectivity index (χ1v) is 4.69. The molecule has 0 saturated carbocycles. The molecule has 1 aromatic carbocycles. The van der Waals surface area contributed by atoms with Crippen molar-refractivity contribution < 1.29 is 19.0 Å². The van der Waals surface area contributed by atoms with Crippen LogP contribution in [0.3, 0.4) is 0 Å². The van der Waals surface area contributed by atoms with Crippen LogP contribution in [-0.2, 0) is 16.1 Å². The van der Waals surface area contributed by atoms with Gasteiger partial charge >= 0.3 is 6.16 Å². The third kappa shape index (κ3) is 3.59. The zero-order valence-electron chi connectivity index (χ0n) is 8.86. The minimum absolute atomic E-state index is 0.297. The Labute approximate surface area is 88.8 Å². The van der Waals surface area contributed by atoms with Gasteiger partial charge in [-0.2, -0.15) is 0 Å². The van der Waals surface area contributed by atoms with Crippen molar-refractivity contribution >= 4 is 6.16 Å². The summed E-state index contributed by atoms with van der Waals surface area (Å²) < 4.78 is 14.7. The molecule has 0 aliphatic heterocycles. The van der Waals surface area contributed by atoms with Gasteiger partial charge in [-0.3, -0.25) is 0 Å². The number of hydrogen-bond donors (Lipinski definition) is 0. The van der Waals surface area contributed by atoms with Crippen molar-refractivity contribution in [3.8, 4) is 5.75 Å². The quantitative estimate of drug-likeness (QED) is 0.565. The Kier molecular flexibility index (Phi) is 4.63. The molecular weight excluding hydrogens is 196 g/mol. The smallest absolute Gasteiger partial charge is 0.434 e. The average Bonchev–Trinajstić information content (AvgIpc) is 2.21. The molecule has 1 rings (SSSR count). The summed E-state index contributed by atoms with van der Waals surface area (Å²) in [5.41, 5.74) is 0.813. The fourth-order valence-corrected chi connectivity index (χ4v) is 1.12. The zero-order valence-corrected chi connectivity index (χ0v) is 8.86. The van der Waals surface area contributed by atoms with E-state index in [0.29, 0.717) is 19.0 Å². The summed E-state index contributed by atoms with van der Waals surface area (Å²) in [5, 5.41) is 0. The van der Waals surface area contributed by atoms with E-state index < -0.39 is 6.16 Å². The van der Waals surface area contributed by atoms with E-state index in [1.54, 1.807) is 26.2 Å². The lowest BCUT2D eigenvalue weighted by Crippen LogP contribution is -2.11. The van der Waals surface area contributed by atoms with E-state index in [1.165, 1.54) is 0 Å². The van der Waals surface area contributed by atoms with Crippen LogP contribution >= 0.6 is 0 Å². The molecule has 0 aliphatic carbocycles. The van der Waals surface area contributed by atoms with Gasteiger partial charge < -0.3 is 14.2 Å². The van der Waals surface area contributed by atoms with Crippen molar-refractivity contribution in [2.45, 2.75) is 13.5 Å². The minimum Gasteiger partial charge on any atom is -0.434 e. The Bertz CT molecular complexity index is 322. The van der Waals surface area contributed by atoms with Gasteiger partial charge in [-0.05, 0) is 13.0 Å². The SMILES string of the molecule is CCOC(=O)Oc1ccccc1COC. The first kappa shape index (κ1) is 11.5. The topological polar surface area (TPSA) is 44.8 Å². The lowest BCUT2D eigenvalue weighted by molar-refractivity contribution is 0.102. The molecule has 0 atom stereocenters. The van der Waals surface area contributed by atoms with Crippen LogP contribution in [0.4, 0.5) is 4.79 Å². The van der Waals surface area contributed by atoms with Crippen LogP contribution < -0.4 is 4.74 Å². The molecule has 0 N–H and O–H groups in total. The van der Waals surface area contributed by atoms with E-state index in [9.17, 15) is 4.79 Å². The van der Waals surface area contributed by atoms with Crippen LogP contribution in [-0.4, -0.2) is 19.9 Å². The third-order valence-electron chi connectivity index (χ3n) is 1.73. The van der Waals surface area contributed by atoms with E-state index in [4.69, 9.17) is 9.47 Å². The van der Waals surface area contributed by atoms with Crippen LogP contribution in [0.5, 0.6) is 5.75 Å². The first-order valence-electron chi connectivity index (χ1n) is 4.69. The molecule has 1 aromatic rings. The van der Waals surface area contributed by atoms with Gasteiger partial charge in [-0.15, -0.1) is 0 Å². The van der Waals surface area contributed by atoms with E-state index in [1.807, 2.05) is 12.1 Å². The van der Waals surface area contributed by atoms with Crippen molar-refractivity contribution in [1.82, 2.24) is 0 Å². The number of methoxy groups -OCH3 is 1. The molecule has 0 amide bonds. The van der Waals surface area contributed by atoms with Gasteiger partial charge in [0.25, 0.3) is 0 Å². The molecule has 82 valence electrons. The molecule has 0 aliphatic rings. The number of carbonyl (C=O) groups excluding carboxylic acids is 1. The summed E-state index contributed by atoms with van der Waals surface area (Å²) in [6, 6.07) is 7.17. The molecule has 4 heteroatoms. The van der Waals surface area contributed by atoms with E-state index in [0.717, 1.165) is 5.56 Å². The number of para-hydroxylation sites is 1. The second kappa shape index (κ2) is 6.03. The van der Waals surface area contributed by atoms with Gasteiger partial charge in [-0.1, -0.05) is 18.2 Å². The Morgan fingerprint density at radius 2 is 2.07 bits per heavy atom. The van der Waals surface area contributed by atoms with Gasteiger partial charge in [0.2, 0.25) is 0 Å². The highest BCUT2D eigenvalue weighted by Gasteiger charge is 2.08. The highest BCUT2D eigenvalue weighted by molar-refractivity contribution is 5.64. The second-order valence-corrected chi connectivity index (χ2v) is 2.83. The number of carbonyl (C=O) groups is 1. The maximum absolute atomic E-state index is 11.1. The Hall–Kier alpha value is -1.55. The van der Waals surface area contributed by atoms with Gasteiger partial charge in [0.15, 0.2) is 0 Å². The molecule has 0 heterocycles. The van der Waals surface area contributed by atoms with Crippen molar-refractivity contribution in [1.29, 1.82) is 0 Å². The normalized spacial score (nSPS) is 9.73. The van der Waals surface area contributed by atoms with E-state index in [-0.39, 0.29) is 0 Å². The summed E-state index contributed by atoms with van der Waals surface area (Å²) in [6.07, 6.45) is -0.693. The molecule has 4 nitrogen and oxygen atoms in total. The summed E-state index contributed by atoms with van der Waals surface area (Å²) in [5.74, 6) is 0.470. The Morgan fingerprint density at radius 3 is 2.73 bits per heavy atom. The number of ether oxygens (including phenoxy) is 3. The number of hydrogen-bond acceptors (Lipinski definition) is 4. The van der Waals surface area contributed by atoms with Crippen molar-refractivity contribution in [2.24, 2.45) is 0 Å². The second-order valence-electron chi connectivity index (χ2n) is 2.83. The van der Waals surface area contributed by atoms with Crippen LogP contribution in [0.15, 0.2) is 24.3 Å². The first-order chi connectivity index (χ1) is 7.27. The van der Waals surface area contributed by atoms with Gasteiger partial charge in [-0.25, -0.2) is 4.79 Å². The molecule has 15 heavy (non-hydrogen) atoms. The highest BCUT2D eigenvalue weighted by Crippen LogP contribution is 2.18. The summed E-state index contributed by atoms with van der Waals surface area (Å²) in [7, 11) is 1.58. The predicted octanol–water partition coefficient (Wildman–Crippen LogP) is 2.37. The standard InChI is InChI=1S/C11H14O4/c1-3-14-11(12)15-10-7-5-4-6-9(10)8-13-2/h4-7H,3,8H2,1-2H3. The maximum Gasteiger partial charge on any atom is 0.513 e. The van der Waals surface area contributed by atoms with Crippen LogP contribution in [0, 0.1) is 0 Å². The minimum atomic E-state index is -0.693. The summed E-state index contributed by atoms with van der Waals surface area (Å²) >= 11 is 0. The van der Waals surface area contributed by atoms with Crippen LogP contribution in [0.1, 0.15) is 12.5 Å². The van der Waals surface area contributed by atoms with Crippen molar-refractivity contribution in [3.63, 3.8) is 0 Å². The third-order valence-corrected chi connectivity index (χ3v) is 1.73. The monoisotopic (exact) mass is 210 g/mol. The van der Waals surface area contributed by atoms with Crippen molar-refractivity contribution in [3.05, 3.63) is 29.8 Å².